The van der Waals surface area contributed by atoms with Crippen LogP contribution in [0.25, 0.3) is 0 Å². The summed E-state index contributed by atoms with van der Waals surface area (Å²) in [7, 11) is 0. The maximum absolute atomic E-state index is 12.3. The van der Waals surface area contributed by atoms with E-state index in [0.717, 1.165) is 25.0 Å². The van der Waals surface area contributed by atoms with Crippen LogP contribution in [0.1, 0.15) is 31.4 Å². The number of carbonyl (C=O) groups excluding carboxylic acids is 1. The van der Waals surface area contributed by atoms with E-state index >= 15 is 0 Å². The van der Waals surface area contributed by atoms with Crippen LogP contribution in [0, 0.1) is 11.8 Å². The molecule has 0 saturated carbocycles. The van der Waals surface area contributed by atoms with E-state index in [2.05, 4.69) is 6.07 Å². The van der Waals surface area contributed by atoms with E-state index in [0.29, 0.717) is 5.57 Å². The Balaban J connectivity index is 1.57. The first-order chi connectivity index (χ1) is 12.4. The molecule has 26 heavy (non-hydrogen) atoms. The summed E-state index contributed by atoms with van der Waals surface area (Å²) in [6.07, 6.45) is 2.51. The number of carboxylic acid groups (broad SMARTS) is 1. The van der Waals surface area contributed by atoms with Crippen molar-refractivity contribution < 1.29 is 24.5 Å². The predicted octanol–water partition coefficient (Wildman–Crippen LogP) is 1.75. The zero-order chi connectivity index (χ0) is 18.6. The van der Waals surface area contributed by atoms with Crippen LogP contribution in [0.5, 0.6) is 5.75 Å². The molecular formula is C20H23NO5. The molecule has 4 rings (SSSR count). The zero-order valence-corrected chi connectivity index (χ0v) is 14.9. The van der Waals surface area contributed by atoms with Crippen molar-refractivity contribution in [2.24, 2.45) is 11.8 Å². The monoisotopic (exact) mass is 357 g/mol. The summed E-state index contributed by atoms with van der Waals surface area (Å²) in [4.78, 5) is 25.4. The van der Waals surface area contributed by atoms with Gasteiger partial charge in [0.1, 0.15) is 18.1 Å². The largest absolute Gasteiger partial charge is 0.489 e. The molecule has 2 heterocycles. The molecule has 1 aromatic carbocycles. The average Bonchev–Trinajstić information content (AvgIpc) is 3.13. The standard InChI is InChI=1S/C20H23NO5/c1-10-15(9-26-14-7-6-12-4-3-5-13(12)8-14)18(20(24)25)21-17(10)16(11(2)22)19(21)23/h6-8,10-11,16-17,22H,3-5,9H2,1-2H3,(H,24,25)/t10-,11+,16+,17+/m0/s1. The number of carboxylic acids is 1. The molecule has 0 spiro atoms. The molecule has 0 bridgehead atoms. The van der Waals surface area contributed by atoms with Gasteiger partial charge in [0.2, 0.25) is 5.91 Å². The Bertz CT molecular complexity index is 812. The fourth-order valence-corrected chi connectivity index (χ4v) is 4.63. The van der Waals surface area contributed by atoms with Gasteiger partial charge in [-0.25, -0.2) is 4.79 Å². The number of aliphatic hydroxyl groups is 1. The Kier molecular flexibility index (Phi) is 4.03. The Morgan fingerprint density at radius 3 is 2.77 bits per heavy atom. The molecule has 0 unspecified atom stereocenters. The quantitative estimate of drug-likeness (QED) is 0.784. The lowest BCUT2D eigenvalue weighted by Crippen LogP contribution is -2.63. The lowest BCUT2D eigenvalue weighted by Gasteiger charge is -2.46. The van der Waals surface area contributed by atoms with Gasteiger partial charge in [-0.2, -0.15) is 0 Å². The van der Waals surface area contributed by atoms with Crippen LogP contribution in [-0.4, -0.2) is 45.7 Å². The highest BCUT2D eigenvalue weighted by Gasteiger charge is 2.59. The third-order valence-corrected chi connectivity index (χ3v) is 5.98. The van der Waals surface area contributed by atoms with Gasteiger partial charge in [0.25, 0.3) is 0 Å². The number of aliphatic carboxylic acids is 1. The van der Waals surface area contributed by atoms with Crippen molar-refractivity contribution in [3.63, 3.8) is 0 Å². The van der Waals surface area contributed by atoms with E-state index in [4.69, 9.17) is 4.74 Å². The smallest absolute Gasteiger partial charge is 0.352 e. The highest BCUT2D eigenvalue weighted by atomic mass is 16.5. The number of amides is 1. The maximum Gasteiger partial charge on any atom is 0.352 e. The Hall–Kier alpha value is -2.34. The first-order valence-corrected chi connectivity index (χ1v) is 9.12. The molecule has 1 saturated heterocycles. The van der Waals surface area contributed by atoms with Crippen LogP contribution in [0.3, 0.4) is 0 Å². The van der Waals surface area contributed by atoms with E-state index in [1.807, 2.05) is 19.1 Å². The number of hydrogen-bond donors (Lipinski definition) is 2. The third kappa shape index (κ3) is 2.43. The van der Waals surface area contributed by atoms with E-state index in [9.17, 15) is 19.8 Å². The molecule has 138 valence electrons. The molecule has 0 aromatic heterocycles. The second-order valence-corrected chi connectivity index (χ2v) is 7.51. The summed E-state index contributed by atoms with van der Waals surface area (Å²) in [6, 6.07) is 5.72. The van der Waals surface area contributed by atoms with Crippen LogP contribution in [0.2, 0.25) is 0 Å². The first kappa shape index (κ1) is 17.1. The number of β-lactam (4-membered cyclic amide) rings is 1. The number of fused-ring (bicyclic) bond motifs is 2. The third-order valence-electron chi connectivity index (χ3n) is 5.98. The number of aliphatic hydroxyl groups excluding tert-OH is 1. The van der Waals surface area contributed by atoms with E-state index < -0.39 is 18.0 Å². The number of carbonyl (C=O) groups is 2. The minimum Gasteiger partial charge on any atom is -0.489 e. The average molecular weight is 357 g/mol. The lowest BCUT2D eigenvalue weighted by atomic mass is 9.78. The minimum atomic E-state index is -1.12. The number of rotatable bonds is 5. The Labute approximate surface area is 152 Å². The normalized spacial score (nSPS) is 27.9. The molecule has 6 heteroatoms. The molecule has 1 fully saturated rings. The predicted molar refractivity (Wildman–Crippen MR) is 93.6 cm³/mol. The van der Waals surface area contributed by atoms with Gasteiger partial charge in [0.15, 0.2) is 0 Å². The first-order valence-electron chi connectivity index (χ1n) is 9.12. The fraction of sp³-hybridized carbons (Fsp3) is 0.500. The van der Waals surface area contributed by atoms with Crippen molar-refractivity contribution in [3.8, 4) is 5.75 Å². The van der Waals surface area contributed by atoms with Gasteiger partial charge in [-0.15, -0.1) is 0 Å². The summed E-state index contributed by atoms with van der Waals surface area (Å²) in [5, 5.41) is 19.5. The van der Waals surface area contributed by atoms with Gasteiger partial charge in [-0.3, -0.25) is 4.79 Å². The summed E-state index contributed by atoms with van der Waals surface area (Å²) in [6.45, 7) is 3.61. The van der Waals surface area contributed by atoms with Crippen molar-refractivity contribution in [1.82, 2.24) is 4.90 Å². The van der Waals surface area contributed by atoms with Crippen molar-refractivity contribution >= 4 is 11.9 Å². The second kappa shape index (κ2) is 6.13. The Morgan fingerprint density at radius 2 is 2.08 bits per heavy atom. The van der Waals surface area contributed by atoms with Crippen LogP contribution in [-0.2, 0) is 22.4 Å². The van der Waals surface area contributed by atoms with Crippen LogP contribution in [0.4, 0.5) is 0 Å². The van der Waals surface area contributed by atoms with Crippen LogP contribution in [0.15, 0.2) is 29.5 Å². The molecule has 6 nitrogen and oxygen atoms in total. The molecule has 2 N–H and O–H groups in total. The molecule has 1 amide bonds. The van der Waals surface area contributed by atoms with Gasteiger partial charge in [0, 0.05) is 11.5 Å². The number of nitrogens with zero attached hydrogens (tertiary/aromatic N) is 1. The summed E-state index contributed by atoms with van der Waals surface area (Å²) in [5.74, 6) is -1.42. The highest BCUT2D eigenvalue weighted by molar-refractivity contribution is 6.00. The van der Waals surface area contributed by atoms with Gasteiger partial charge in [0.05, 0.1) is 18.1 Å². The highest BCUT2D eigenvalue weighted by Crippen LogP contribution is 2.47. The van der Waals surface area contributed by atoms with Gasteiger partial charge < -0.3 is 19.8 Å². The van der Waals surface area contributed by atoms with Crippen molar-refractivity contribution in [2.75, 3.05) is 6.61 Å². The van der Waals surface area contributed by atoms with Crippen molar-refractivity contribution in [3.05, 3.63) is 40.6 Å². The number of benzene rings is 1. The fourth-order valence-electron chi connectivity index (χ4n) is 4.63. The molecule has 4 atom stereocenters. The van der Waals surface area contributed by atoms with Gasteiger partial charge in [-0.1, -0.05) is 13.0 Å². The van der Waals surface area contributed by atoms with E-state index in [1.165, 1.54) is 16.0 Å². The van der Waals surface area contributed by atoms with Gasteiger partial charge in [-0.05, 0) is 49.4 Å². The van der Waals surface area contributed by atoms with Crippen LogP contribution >= 0.6 is 0 Å². The SMILES string of the molecule is C[C@@H](O)[C@H]1C(=O)N2C(C(=O)O)=C(COc3ccc4c(c3)CCC4)[C@H](C)[C@H]12. The molecule has 1 aliphatic carbocycles. The minimum absolute atomic E-state index is 0.0190. The van der Waals surface area contributed by atoms with E-state index in [1.54, 1.807) is 6.92 Å². The van der Waals surface area contributed by atoms with Gasteiger partial charge >= 0.3 is 5.97 Å². The van der Waals surface area contributed by atoms with Crippen molar-refractivity contribution in [2.45, 2.75) is 45.3 Å². The molecular weight excluding hydrogens is 334 g/mol. The topological polar surface area (TPSA) is 87.1 Å². The summed E-state index contributed by atoms with van der Waals surface area (Å²) < 4.78 is 5.90. The molecule has 3 aliphatic rings. The van der Waals surface area contributed by atoms with Crippen molar-refractivity contribution in [1.29, 1.82) is 0 Å². The maximum atomic E-state index is 12.3. The van der Waals surface area contributed by atoms with E-state index in [-0.39, 0.29) is 30.2 Å². The summed E-state index contributed by atoms with van der Waals surface area (Å²) in [5.41, 5.74) is 3.28. The molecule has 0 radical (unpaired) electrons. The number of hydrogen-bond acceptors (Lipinski definition) is 4. The van der Waals surface area contributed by atoms with Crippen LogP contribution < -0.4 is 4.74 Å². The number of ether oxygens (including phenoxy) is 1. The second-order valence-electron chi connectivity index (χ2n) is 7.51. The zero-order valence-electron chi connectivity index (χ0n) is 14.9. The molecule has 2 aliphatic heterocycles. The molecule has 1 aromatic rings. The lowest BCUT2D eigenvalue weighted by molar-refractivity contribution is -0.163. The summed E-state index contributed by atoms with van der Waals surface area (Å²) >= 11 is 0. The Morgan fingerprint density at radius 1 is 1.35 bits per heavy atom. The number of aryl methyl sites for hydroxylation is 2.